The summed E-state index contributed by atoms with van der Waals surface area (Å²) in [4.78, 5) is 6.88. The number of hydrogen-bond acceptors (Lipinski definition) is 6. The van der Waals surface area contributed by atoms with Crippen LogP contribution in [0.25, 0.3) is 0 Å². The second-order valence-corrected chi connectivity index (χ2v) is 10.2. The molecule has 206 valence electrons. The number of likely N-dealkylation sites (tertiary alicyclic amines) is 1. The van der Waals surface area contributed by atoms with Gasteiger partial charge in [-0.3, -0.25) is 4.90 Å². The minimum atomic E-state index is -0.260. The highest BCUT2D eigenvalue weighted by Gasteiger charge is 2.33. The Morgan fingerprint density at radius 3 is 2.58 bits per heavy atom. The van der Waals surface area contributed by atoms with Crippen LogP contribution in [0.15, 0.2) is 54.9 Å². The first-order valence-electron chi connectivity index (χ1n) is 13.8. The summed E-state index contributed by atoms with van der Waals surface area (Å²) in [6.45, 7) is 9.18. The Morgan fingerprint density at radius 1 is 0.974 bits per heavy atom. The van der Waals surface area contributed by atoms with Crippen molar-refractivity contribution in [3.8, 4) is 17.2 Å². The standard InChI is InChI=1S/C31H43N3O4/c1-5-30-32-16-20-34(30)18-7-21-37-28-13-10-26(22-29(28)35-3)23-33-17-6-14-31(36-4,15-19-33)24-38-27-11-8-25(2)9-12-27/h8-13,16,20,22H,5-7,14-15,17-19,21,23-24H2,1-4H3. The third kappa shape index (κ3) is 7.51. The maximum atomic E-state index is 6.14. The van der Waals surface area contributed by atoms with Gasteiger partial charge in [-0.15, -0.1) is 0 Å². The van der Waals surface area contributed by atoms with E-state index in [0.717, 1.165) is 81.4 Å². The molecule has 2 heterocycles. The molecule has 0 amide bonds. The number of nitrogens with zero attached hydrogens (tertiary/aromatic N) is 3. The van der Waals surface area contributed by atoms with Crippen LogP contribution < -0.4 is 14.2 Å². The molecule has 1 unspecified atom stereocenters. The van der Waals surface area contributed by atoms with Gasteiger partial charge in [-0.1, -0.05) is 30.7 Å². The van der Waals surface area contributed by atoms with Gasteiger partial charge in [0.2, 0.25) is 0 Å². The van der Waals surface area contributed by atoms with Crippen LogP contribution in [0.1, 0.15) is 49.6 Å². The number of ether oxygens (including phenoxy) is 4. The number of aromatic nitrogens is 2. The predicted molar refractivity (Wildman–Crippen MR) is 150 cm³/mol. The van der Waals surface area contributed by atoms with Crippen molar-refractivity contribution in [1.29, 1.82) is 0 Å². The number of rotatable bonds is 13. The van der Waals surface area contributed by atoms with Gasteiger partial charge < -0.3 is 23.5 Å². The van der Waals surface area contributed by atoms with Crippen molar-refractivity contribution in [2.24, 2.45) is 0 Å². The van der Waals surface area contributed by atoms with E-state index < -0.39 is 0 Å². The zero-order valence-electron chi connectivity index (χ0n) is 23.4. The van der Waals surface area contributed by atoms with Crippen LogP contribution in [-0.4, -0.2) is 60.6 Å². The van der Waals surface area contributed by atoms with Gasteiger partial charge in [0.15, 0.2) is 11.5 Å². The third-order valence-electron chi connectivity index (χ3n) is 7.50. The molecule has 1 fully saturated rings. The van der Waals surface area contributed by atoms with Gasteiger partial charge in [0.05, 0.1) is 13.7 Å². The van der Waals surface area contributed by atoms with Crippen LogP contribution in [0.3, 0.4) is 0 Å². The van der Waals surface area contributed by atoms with Crippen LogP contribution in [0, 0.1) is 6.92 Å². The lowest BCUT2D eigenvalue weighted by Crippen LogP contribution is -2.39. The molecule has 7 heteroatoms. The Kier molecular flexibility index (Phi) is 10.1. The van der Waals surface area contributed by atoms with E-state index in [1.165, 1.54) is 11.1 Å². The molecule has 1 saturated heterocycles. The van der Waals surface area contributed by atoms with E-state index in [9.17, 15) is 0 Å². The Balaban J connectivity index is 1.28. The quantitative estimate of drug-likeness (QED) is 0.270. The Morgan fingerprint density at radius 2 is 1.82 bits per heavy atom. The molecule has 1 aliphatic heterocycles. The minimum absolute atomic E-state index is 0.260. The average Bonchev–Trinajstić information content (AvgIpc) is 3.31. The van der Waals surface area contributed by atoms with Crippen LogP contribution in [0.4, 0.5) is 0 Å². The molecule has 0 bridgehead atoms. The lowest BCUT2D eigenvalue weighted by molar-refractivity contribution is -0.0541. The minimum Gasteiger partial charge on any atom is -0.493 e. The maximum Gasteiger partial charge on any atom is 0.161 e. The number of aryl methyl sites for hydroxylation is 3. The van der Waals surface area contributed by atoms with E-state index in [2.05, 4.69) is 52.6 Å². The molecule has 0 aliphatic carbocycles. The summed E-state index contributed by atoms with van der Waals surface area (Å²) in [5.41, 5.74) is 2.20. The predicted octanol–water partition coefficient (Wildman–Crippen LogP) is 5.68. The van der Waals surface area contributed by atoms with Crippen molar-refractivity contribution in [3.63, 3.8) is 0 Å². The Bertz CT molecular complexity index is 1130. The largest absolute Gasteiger partial charge is 0.493 e. The third-order valence-corrected chi connectivity index (χ3v) is 7.50. The lowest BCUT2D eigenvalue weighted by atomic mass is 9.95. The molecule has 3 aromatic rings. The highest BCUT2D eigenvalue weighted by molar-refractivity contribution is 5.43. The first kappa shape index (κ1) is 28.0. The molecule has 0 spiro atoms. The van der Waals surface area contributed by atoms with E-state index in [4.69, 9.17) is 18.9 Å². The molecule has 1 aromatic heterocycles. The Hall–Kier alpha value is -3.03. The number of benzene rings is 2. The van der Waals surface area contributed by atoms with Crippen molar-refractivity contribution < 1.29 is 18.9 Å². The second-order valence-electron chi connectivity index (χ2n) is 10.2. The van der Waals surface area contributed by atoms with Gasteiger partial charge in [-0.2, -0.15) is 0 Å². The normalized spacial score (nSPS) is 18.2. The zero-order valence-corrected chi connectivity index (χ0v) is 23.4. The van der Waals surface area contributed by atoms with Crippen LogP contribution in [0.5, 0.6) is 17.2 Å². The summed E-state index contributed by atoms with van der Waals surface area (Å²) >= 11 is 0. The molecular formula is C31H43N3O4. The van der Waals surface area contributed by atoms with Crippen molar-refractivity contribution >= 4 is 0 Å². The smallest absolute Gasteiger partial charge is 0.161 e. The summed E-state index contributed by atoms with van der Waals surface area (Å²) in [7, 11) is 3.52. The summed E-state index contributed by atoms with van der Waals surface area (Å²) in [5.74, 6) is 3.59. The van der Waals surface area contributed by atoms with E-state index >= 15 is 0 Å². The summed E-state index contributed by atoms with van der Waals surface area (Å²) < 4.78 is 26.1. The van der Waals surface area contributed by atoms with E-state index in [0.29, 0.717) is 13.2 Å². The number of methoxy groups -OCH3 is 2. The number of imidazole rings is 1. The molecule has 0 saturated carbocycles. The van der Waals surface area contributed by atoms with Crippen LogP contribution in [-0.2, 0) is 24.2 Å². The fourth-order valence-corrected chi connectivity index (χ4v) is 5.10. The van der Waals surface area contributed by atoms with Gasteiger partial charge in [-0.05, 0) is 69.0 Å². The highest BCUT2D eigenvalue weighted by atomic mass is 16.5. The topological polar surface area (TPSA) is 58.0 Å². The molecular weight excluding hydrogens is 478 g/mol. The first-order chi connectivity index (χ1) is 18.5. The molecule has 0 N–H and O–H groups in total. The van der Waals surface area contributed by atoms with Gasteiger partial charge >= 0.3 is 0 Å². The van der Waals surface area contributed by atoms with E-state index in [1.54, 1.807) is 7.11 Å². The fraction of sp³-hybridized carbons (Fsp3) is 0.516. The van der Waals surface area contributed by atoms with Crippen molar-refractivity contribution in [2.75, 3.05) is 40.5 Å². The molecule has 38 heavy (non-hydrogen) atoms. The summed E-state index contributed by atoms with van der Waals surface area (Å²) in [6, 6.07) is 14.5. The van der Waals surface area contributed by atoms with Crippen LogP contribution >= 0.6 is 0 Å². The molecule has 1 atom stereocenters. The summed E-state index contributed by atoms with van der Waals surface area (Å²) in [5, 5.41) is 0. The fourth-order valence-electron chi connectivity index (χ4n) is 5.10. The average molecular weight is 522 g/mol. The molecule has 1 aliphatic rings. The molecule has 2 aromatic carbocycles. The molecule has 7 nitrogen and oxygen atoms in total. The summed E-state index contributed by atoms with van der Waals surface area (Å²) in [6.07, 6.45) is 8.74. The van der Waals surface area contributed by atoms with Crippen molar-refractivity contribution in [3.05, 3.63) is 71.8 Å². The van der Waals surface area contributed by atoms with Gasteiger partial charge in [0.1, 0.15) is 23.8 Å². The maximum absolute atomic E-state index is 6.14. The zero-order chi connectivity index (χ0) is 26.8. The lowest BCUT2D eigenvalue weighted by Gasteiger charge is -2.31. The van der Waals surface area contributed by atoms with Gasteiger partial charge in [0, 0.05) is 45.6 Å². The van der Waals surface area contributed by atoms with Gasteiger partial charge in [-0.25, -0.2) is 4.98 Å². The van der Waals surface area contributed by atoms with E-state index in [1.807, 2.05) is 37.7 Å². The monoisotopic (exact) mass is 521 g/mol. The number of hydrogen-bond donors (Lipinski definition) is 0. The van der Waals surface area contributed by atoms with Crippen molar-refractivity contribution in [1.82, 2.24) is 14.5 Å². The highest BCUT2D eigenvalue weighted by Crippen LogP contribution is 2.31. The molecule has 0 radical (unpaired) electrons. The van der Waals surface area contributed by atoms with Crippen molar-refractivity contribution in [2.45, 2.75) is 64.6 Å². The SMILES string of the molecule is CCc1nccn1CCCOc1ccc(CN2CCCC(COc3ccc(C)cc3)(OC)CC2)cc1OC. The molecule has 4 rings (SSSR count). The van der Waals surface area contributed by atoms with Gasteiger partial charge in [0.25, 0.3) is 0 Å². The first-order valence-corrected chi connectivity index (χ1v) is 13.8. The van der Waals surface area contributed by atoms with Crippen LogP contribution in [0.2, 0.25) is 0 Å². The second kappa shape index (κ2) is 13.7. The Labute approximate surface area is 227 Å². The van der Waals surface area contributed by atoms with E-state index in [-0.39, 0.29) is 5.60 Å².